The molecule has 3 nitrogen and oxygen atoms in total. The van der Waals surface area contributed by atoms with Gasteiger partial charge in [-0.05, 0) is 12.5 Å². The average Bonchev–Trinajstić information content (AvgIpc) is 2.19. The molecule has 14 heavy (non-hydrogen) atoms. The van der Waals surface area contributed by atoms with Crippen LogP contribution in [0.25, 0.3) is 0 Å². The zero-order chi connectivity index (χ0) is 10.4. The number of nitrogens with one attached hydrogen (secondary N) is 1. The van der Waals surface area contributed by atoms with Crippen LogP contribution >= 0.6 is 0 Å². The average molecular weight is 192 g/mol. The Morgan fingerprint density at radius 2 is 2.00 bits per heavy atom. The van der Waals surface area contributed by atoms with Crippen molar-refractivity contribution in [3.63, 3.8) is 0 Å². The number of aliphatic hydroxyl groups is 1. The first-order valence-electron chi connectivity index (χ1n) is 4.49. The summed E-state index contributed by atoms with van der Waals surface area (Å²) in [6.45, 7) is 1.57. The maximum Gasteiger partial charge on any atom is 0.225 e. The number of aliphatic hydroxyl groups excluding tert-OH is 1. The van der Waals surface area contributed by atoms with Crippen molar-refractivity contribution in [1.82, 2.24) is 5.32 Å². The molecule has 1 aromatic rings. The zero-order valence-corrected chi connectivity index (χ0v) is 8.16. The number of amides is 1. The third-order valence-electron chi connectivity index (χ3n) is 1.80. The Morgan fingerprint density at radius 3 is 2.57 bits per heavy atom. The Kier molecular flexibility index (Phi) is 4.13. The van der Waals surface area contributed by atoms with Crippen molar-refractivity contribution in [3.05, 3.63) is 41.9 Å². The number of hydrogen-bond acceptors (Lipinski definition) is 2. The minimum absolute atomic E-state index is 0.0947. The van der Waals surface area contributed by atoms with Crippen molar-refractivity contribution < 1.29 is 9.90 Å². The molecule has 0 spiro atoms. The lowest BCUT2D eigenvalue weighted by Gasteiger charge is -2.09. The summed E-state index contributed by atoms with van der Waals surface area (Å²) in [6.07, 6.45) is 0.345. The molecule has 0 aliphatic rings. The van der Waals surface area contributed by atoms with E-state index in [-0.39, 0.29) is 12.5 Å². The molecule has 0 heterocycles. The van der Waals surface area contributed by atoms with Gasteiger partial charge in [-0.1, -0.05) is 30.3 Å². The first-order valence-corrected chi connectivity index (χ1v) is 4.49. The van der Waals surface area contributed by atoms with E-state index in [1.807, 2.05) is 30.3 Å². The van der Waals surface area contributed by atoms with E-state index < -0.39 is 0 Å². The van der Waals surface area contributed by atoms with E-state index in [0.717, 1.165) is 5.56 Å². The van der Waals surface area contributed by atoms with Crippen LogP contribution in [0.15, 0.2) is 30.3 Å². The topological polar surface area (TPSA) is 49.3 Å². The standard InChI is InChI=1S/C11H14NO2/c1-9(8-13)12-11(14)7-10-5-3-2-4-6-10/h2-6,13H,7-8H2,1H3,(H,12,14). The number of benzene rings is 1. The highest BCUT2D eigenvalue weighted by atomic mass is 16.3. The zero-order valence-electron chi connectivity index (χ0n) is 8.16. The molecule has 0 unspecified atom stereocenters. The highest BCUT2D eigenvalue weighted by Crippen LogP contribution is 2.00. The normalized spacial score (nSPS) is 10.2. The van der Waals surface area contributed by atoms with Crippen LogP contribution in [-0.4, -0.2) is 17.6 Å². The largest absolute Gasteiger partial charge is 0.394 e. The summed E-state index contributed by atoms with van der Waals surface area (Å²) in [5, 5.41) is 11.3. The maximum absolute atomic E-state index is 11.3. The number of rotatable bonds is 4. The molecule has 0 aromatic heterocycles. The summed E-state index contributed by atoms with van der Waals surface area (Å²) in [6, 6.07) is 10.1. The van der Waals surface area contributed by atoms with E-state index in [0.29, 0.717) is 12.5 Å². The Bertz CT molecular complexity index is 285. The molecule has 75 valence electrons. The molecular formula is C11H14NO2. The van der Waals surface area contributed by atoms with Crippen LogP contribution < -0.4 is 5.32 Å². The molecule has 0 saturated carbocycles. The molecule has 1 radical (unpaired) electrons. The van der Waals surface area contributed by atoms with Gasteiger partial charge in [0.15, 0.2) is 0 Å². The molecule has 0 fully saturated rings. The van der Waals surface area contributed by atoms with Crippen molar-refractivity contribution >= 4 is 5.91 Å². The van der Waals surface area contributed by atoms with Crippen molar-refractivity contribution in [2.75, 3.05) is 6.61 Å². The molecule has 1 aromatic carbocycles. The van der Waals surface area contributed by atoms with Gasteiger partial charge in [0.25, 0.3) is 0 Å². The van der Waals surface area contributed by atoms with Crippen LogP contribution in [-0.2, 0) is 11.2 Å². The van der Waals surface area contributed by atoms with E-state index in [4.69, 9.17) is 5.11 Å². The van der Waals surface area contributed by atoms with Crippen LogP contribution in [0.3, 0.4) is 0 Å². The minimum atomic E-state index is -0.111. The van der Waals surface area contributed by atoms with Crippen molar-refractivity contribution in [2.24, 2.45) is 0 Å². The van der Waals surface area contributed by atoms with Gasteiger partial charge in [-0.15, -0.1) is 0 Å². The molecule has 0 aliphatic carbocycles. The lowest BCUT2D eigenvalue weighted by atomic mass is 10.1. The number of carbonyl (C=O) groups excluding carboxylic acids is 1. The van der Waals surface area contributed by atoms with Gasteiger partial charge in [-0.2, -0.15) is 0 Å². The molecule has 0 atom stereocenters. The highest BCUT2D eigenvalue weighted by Gasteiger charge is 2.06. The van der Waals surface area contributed by atoms with Crippen molar-refractivity contribution in [1.29, 1.82) is 0 Å². The van der Waals surface area contributed by atoms with Crippen molar-refractivity contribution in [3.8, 4) is 0 Å². The second-order valence-corrected chi connectivity index (χ2v) is 3.15. The van der Waals surface area contributed by atoms with E-state index in [2.05, 4.69) is 5.32 Å². The predicted molar refractivity (Wildman–Crippen MR) is 54.3 cm³/mol. The monoisotopic (exact) mass is 192 g/mol. The maximum atomic E-state index is 11.3. The van der Waals surface area contributed by atoms with Crippen LogP contribution in [0.2, 0.25) is 0 Å². The summed E-state index contributed by atoms with van der Waals surface area (Å²) >= 11 is 0. The lowest BCUT2D eigenvalue weighted by molar-refractivity contribution is -0.120. The van der Waals surface area contributed by atoms with Gasteiger partial charge >= 0.3 is 0 Å². The molecular weight excluding hydrogens is 178 g/mol. The number of hydrogen-bond donors (Lipinski definition) is 2. The summed E-state index contributed by atoms with van der Waals surface area (Å²) in [7, 11) is 0. The van der Waals surface area contributed by atoms with Crippen LogP contribution in [0.5, 0.6) is 0 Å². The van der Waals surface area contributed by atoms with E-state index in [1.54, 1.807) is 6.92 Å². The third kappa shape index (κ3) is 3.58. The summed E-state index contributed by atoms with van der Waals surface area (Å²) in [5.41, 5.74) is 0.968. The minimum Gasteiger partial charge on any atom is -0.394 e. The van der Waals surface area contributed by atoms with Crippen LogP contribution in [0.1, 0.15) is 12.5 Å². The van der Waals surface area contributed by atoms with Gasteiger partial charge in [-0.25, -0.2) is 0 Å². The van der Waals surface area contributed by atoms with E-state index in [9.17, 15) is 4.79 Å². The summed E-state index contributed by atoms with van der Waals surface area (Å²) in [5.74, 6) is -0.0947. The second-order valence-electron chi connectivity index (χ2n) is 3.15. The molecule has 0 bridgehead atoms. The number of carbonyl (C=O) groups is 1. The molecule has 2 N–H and O–H groups in total. The Morgan fingerprint density at radius 1 is 1.36 bits per heavy atom. The molecule has 3 heteroatoms. The van der Waals surface area contributed by atoms with Gasteiger partial charge in [0.05, 0.1) is 19.1 Å². The Hall–Kier alpha value is -1.35. The van der Waals surface area contributed by atoms with Gasteiger partial charge in [0, 0.05) is 0 Å². The Labute approximate surface area is 83.8 Å². The first-order chi connectivity index (χ1) is 6.72. The van der Waals surface area contributed by atoms with E-state index >= 15 is 0 Å². The molecule has 1 rings (SSSR count). The quantitative estimate of drug-likeness (QED) is 0.744. The second kappa shape index (κ2) is 5.40. The smallest absolute Gasteiger partial charge is 0.225 e. The van der Waals surface area contributed by atoms with Gasteiger partial charge in [-0.3, -0.25) is 4.79 Å². The fraction of sp³-hybridized carbons (Fsp3) is 0.273. The molecule has 0 aliphatic heterocycles. The van der Waals surface area contributed by atoms with Gasteiger partial charge in [0.1, 0.15) is 0 Å². The Balaban J connectivity index is 2.42. The van der Waals surface area contributed by atoms with Crippen molar-refractivity contribution in [2.45, 2.75) is 13.3 Å². The van der Waals surface area contributed by atoms with Crippen LogP contribution in [0.4, 0.5) is 0 Å². The van der Waals surface area contributed by atoms with Gasteiger partial charge < -0.3 is 10.4 Å². The summed E-state index contributed by atoms with van der Waals surface area (Å²) < 4.78 is 0. The third-order valence-corrected chi connectivity index (χ3v) is 1.80. The van der Waals surface area contributed by atoms with E-state index in [1.165, 1.54) is 0 Å². The fourth-order valence-corrected chi connectivity index (χ4v) is 1.10. The first kappa shape index (κ1) is 10.7. The van der Waals surface area contributed by atoms with Crippen LogP contribution in [0, 0.1) is 6.04 Å². The SMILES string of the molecule is C[C](CO)NC(=O)Cc1ccccc1. The predicted octanol–water partition coefficient (Wildman–Crippen LogP) is 0.889. The lowest BCUT2D eigenvalue weighted by Crippen LogP contribution is -2.29. The molecule has 0 saturated heterocycles. The molecule has 1 amide bonds. The fourth-order valence-electron chi connectivity index (χ4n) is 1.10. The van der Waals surface area contributed by atoms with Gasteiger partial charge in [0.2, 0.25) is 5.91 Å². The highest BCUT2D eigenvalue weighted by molar-refractivity contribution is 5.79. The summed E-state index contributed by atoms with van der Waals surface area (Å²) in [4.78, 5) is 11.3.